The minimum atomic E-state index is 0.822. The maximum atomic E-state index is 5.36. The zero-order valence-corrected chi connectivity index (χ0v) is 3.96. The summed E-state index contributed by atoms with van der Waals surface area (Å²) in [6.07, 6.45) is 0. The fraction of sp³-hybridized carbons (Fsp3) is 0. The number of nitrogens with two attached hydrogens (primary N) is 1. The SMILES string of the molecule is N[14c]1ccccc1. The Morgan fingerprint density at radius 3 is 1.86 bits per heavy atom. The smallest absolute Gasteiger partial charge is 0.0313 e. The third-order valence-corrected chi connectivity index (χ3v) is 0.800. The lowest BCUT2D eigenvalue weighted by Crippen LogP contribution is -1.79. The molecule has 0 aliphatic heterocycles. The molecule has 0 saturated carbocycles. The lowest BCUT2D eigenvalue weighted by atomic mass is 10.5. The van der Waals surface area contributed by atoms with Crippen molar-refractivity contribution in [1.29, 1.82) is 0 Å². The molecule has 1 aromatic carbocycles. The van der Waals surface area contributed by atoms with Gasteiger partial charge in [0.05, 0.1) is 0 Å². The van der Waals surface area contributed by atoms with Crippen molar-refractivity contribution in [3.8, 4) is 0 Å². The van der Waals surface area contributed by atoms with Crippen LogP contribution in [0, 0.1) is 0 Å². The van der Waals surface area contributed by atoms with Crippen molar-refractivity contribution in [3.63, 3.8) is 0 Å². The van der Waals surface area contributed by atoms with Gasteiger partial charge in [0.2, 0.25) is 0 Å². The Morgan fingerprint density at radius 1 is 1.00 bits per heavy atom. The van der Waals surface area contributed by atoms with Gasteiger partial charge in [-0.25, -0.2) is 0 Å². The lowest BCUT2D eigenvalue weighted by Gasteiger charge is -1.83. The third-order valence-electron chi connectivity index (χ3n) is 0.800. The molecule has 1 nitrogen and oxygen atoms in total. The van der Waals surface area contributed by atoms with E-state index in [1.54, 1.807) is 0 Å². The average Bonchev–Trinajstić information content (AvgIpc) is 1.69. The van der Waals surface area contributed by atoms with Gasteiger partial charge in [-0.3, -0.25) is 0 Å². The van der Waals surface area contributed by atoms with Gasteiger partial charge in [0.1, 0.15) is 0 Å². The van der Waals surface area contributed by atoms with E-state index in [-0.39, 0.29) is 0 Å². The molecule has 0 radical (unpaired) electrons. The van der Waals surface area contributed by atoms with Gasteiger partial charge < -0.3 is 5.73 Å². The summed E-state index contributed by atoms with van der Waals surface area (Å²) in [7, 11) is 0. The van der Waals surface area contributed by atoms with Crippen molar-refractivity contribution in [2.45, 2.75) is 0 Å². The Hall–Kier alpha value is -0.980. The van der Waals surface area contributed by atoms with Crippen LogP contribution < -0.4 is 5.73 Å². The van der Waals surface area contributed by atoms with Gasteiger partial charge in [0, 0.05) is 5.69 Å². The van der Waals surface area contributed by atoms with Crippen molar-refractivity contribution >= 4 is 5.69 Å². The molecule has 0 heterocycles. The minimum Gasteiger partial charge on any atom is -0.399 e. The average molecular weight is 95.1 g/mol. The number of para-hydroxylation sites is 1. The van der Waals surface area contributed by atoms with Crippen LogP contribution in [-0.4, -0.2) is 0 Å². The highest BCUT2D eigenvalue weighted by molar-refractivity contribution is 5.35. The molecule has 0 spiro atoms. The van der Waals surface area contributed by atoms with Crippen molar-refractivity contribution in [2.24, 2.45) is 0 Å². The van der Waals surface area contributed by atoms with Crippen molar-refractivity contribution in [3.05, 3.63) is 30.3 Å². The normalized spacial score (nSPS) is 8.57. The monoisotopic (exact) mass is 95.1 g/mol. The quantitative estimate of drug-likeness (QED) is 0.482. The molecule has 7 heavy (non-hydrogen) atoms. The summed E-state index contributed by atoms with van der Waals surface area (Å²) >= 11 is 0. The number of benzene rings is 1. The molecule has 0 aliphatic rings. The molecule has 0 atom stereocenters. The molecule has 0 bridgehead atoms. The lowest BCUT2D eigenvalue weighted by molar-refractivity contribution is 1.69. The molecule has 0 fully saturated rings. The van der Waals surface area contributed by atoms with Crippen LogP contribution in [-0.2, 0) is 0 Å². The molecule has 0 aromatic heterocycles. The summed E-state index contributed by atoms with van der Waals surface area (Å²) in [6.45, 7) is 0. The van der Waals surface area contributed by atoms with E-state index in [1.807, 2.05) is 30.3 Å². The Kier molecular flexibility index (Phi) is 0.984. The zero-order valence-electron chi connectivity index (χ0n) is 3.96. The highest BCUT2D eigenvalue weighted by Crippen LogP contribution is 1.95. The number of hydrogen-bond acceptors (Lipinski definition) is 1. The number of hydrogen-bond donors (Lipinski definition) is 1. The number of anilines is 1. The molecular formula is C6H7N. The molecule has 2 N–H and O–H groups in total. The largest absolute Gasteiger partial charge is 0.399 e. The van der Waals surface area contributed by atoms with Crippen LogP contribution in [0.5, 0.6) is 0 Å². The second kappa shape index (κ2) is 1.65. The van der Waals surface area contributed by atoms with E-state index >= 15 is 0 Å². The standard InChI is InChI=1S/C6H7N/c7-6-4-2-1-3-5-6/h1-5H,7H2/i6+2. The maximum Gasteiger partial charge on any atom is 0.0313 e. The van der Waals surface area contributed by atoms with Crippen LogP contribution in [0.4, 0.5) is 5.69 Å². The Labute approximate surface area is 42.8 Å². The summed E-state index contributed by atoms with van der Waals surface area (Å²) in [5.74, 6) is 0. The van der Waals surface area contributed by atoms with E-state index in [9.17, 15) is 0 Å². The van der Waals surface area contributed by atoms with Crippen LogP contribution in [0.2, 0.25) is 0 Å². The fourth-order valence-corrected chi connectivity index (χ4v) is 0.453. The second-order valence-corrected chi connectivity index (χ2v) is 1.41. The second-order valence-electron chi connectivity index (χ2n) is 1.41. The molecular weight excluding hydrogens is 88.1 g/mol. The summed E-state index contributed by atoms with van der Waals surface area (Å²) in [6, 6.07) is 9.49. The van der Waals surface area contributed by atoms with Crippen molar-refractivity contribution in [1.82, 2.24) is 0 Å². The van der Waals surface area contributed by atoms with Gasteiger partial charge in [-0.1, -0.05) is 18.2 Å². The molecule has 1 rings (SSSR count). The topological polar surface area (TPSA) is 26.0 Å². The highest BCUT2D eigenvalue weighted by atomic mass is 15.3. The molecule has 1 heteroatoms. The van der Waals surface area contributed by atoms with Gasteiger partial charge >= 0.3 is 0 Å². The van der Waals surface area contributed by atoms with Gasteiger partial charge in [-0.05, 0) is 12.1 Å². The summed E-state index contributed by atoms with van der Waals surface area (Å²) in [5.41, 5.74) is 6.18. The summed E-state index contributed by atoms with van der Waals surface area (Å²) < 4.78 is 0. The van der Waals surface area contributed by atoms with Gasteiger partial charge in [0.15, 0.2) is 0 Å². The Balaban J connectivity index is 3.02. The first-order valence-corrected chi connectivity index (χ1v) is 2.20. The number of nitrogen functional groups attached to an aromatic ring is 1. The van der Waals surface area contributed by atoms with E-state index in [2.05, 4.69) is 0 Å². The first kappa shape index (κ1) is 4.19. The summed E-state index contributed by atoms with van der Waals surface area (Å²) in [5, 5.41) is 0. The van der Waals surface area contributed by atoms with Crippen molar-refractivity contribution < 1.29 is 0 Å². The molecule has 0 unspecified atom stereocenters. The van der Waals surface area contributed by atoms with Crippen molar-refractivity contribution in [2.75, 3.05) is 5.73 Å². The predicted octanol–water partition coefficient (Wildman–Crippen LogP) is 1.27. The van der Waals surface area contributed by atoms with Gasteiger partial charge in [-0.15, -0.1) is 0 Å². The van der Waals surface area contributed by atoms with Gasteiger partial charge in [0.25, 0.3) is 0 Å². The van der Waals surface area contributed by atoms with E-state index < -0.39 is 0 Å². The first-order chi connectivity index (χ1) is 3.39. The minimum absolute atomic E-state index is 0.822. The molecule has 1 aromatic rings. The Morgan fingerprint density at radius 2 is 1.57 bits per heavy atom. The van der Waals surface area contributed by atoms with E-state index in [0.29, 0.717) is 0 Å². The summed E-state index contributed by atoms with van der Waals surface area (Å²) in [4.78, 5) is 0. The van der Waals surface area contributed by atoms with Crippen LogP contribution in [0.1, 0.15) is 0 Å². The molecule has 0 saturated heterocycles. The first-order valence-electron chi connectivity index (χ1n) is 2.20. The van der Waals surface area contributed by atoms with E-state index in [1.165, 1.54) is 0 Å². The van der Waals surface area contributed by atoms with Crippen LogP contribution in [0.3, 0.4) is 0 Å². The molecule has 0 amide bonds. The van der Waals surface area contributed by atoms with E-state index in [4.69, 9.17) is 5.73 Å². The predicted molar refractivity (Wildman–Crippen MR) is 30.9 cm³/mol. The van der Waals surface area contributed by atoms with Crippen LogP contribution in [0.25, 0.3) is 0 Å². The molecule has 0 aliphatic carbocycles. The maximum absolute atomic E-state index is 5.36. The van der Waals surface area contributed by atoms with Gasteiger partial charge in [-0.2, -0.15) is 0 Å². The molecule has 36 valence electrons. The van der Waals surface area contributed by atoms with E-state index in [0.717, 1.165) is 5.69 Å². The number of rotatable bonds is 0. The Bertz CT molecular complexity index is 134. The van der Waals surface area contributed by atoms with Crippen LogP contribution in [0.15, 0.2) is 30.3 Å². The zero-order chi connectivity index (χ0) is 5.11. The van der Waals surface area contributed by atoms with Crippen LogP contribution >= 0.6 is 0 Å². The third kappa shape index (κ3) is 0.929. The highest BCUT2D eigenvalue weighted by Gasteiger charge is 1.72. The fourth-order valence-electron chi connectivity index (χ4n) is 0.453.